The molecule has 1 atom stereocenters. The molecule has 0 aliphatic carbocycles. The van der Waals surface area contributed by atoms with Crippen molar-refractivity contribution in [1.82, 2.24) is 10.0 Å². The average molecular weight is 417 g/mol. The van der Waals surface area contributed by atoms with Crippen LogP contribution in [-0.2, 0) is 14.8 Å². The zero-order valence-corrected chi connectivity index (χ0v) is 18.0. The van der Waals surface area contributed by atoms with Gasteiger partial charge in [-0.15, -0.1) is 0 Å². The Bertz CT molecular complexity index is 967. The molecule has 0 fully saturated rings. The number of hydrogen-bond acceptors (Lipinski definition) is 4. The SMILES string of the molecule is CC(=O)c1cccc(S(=O)(=O)NCCC(=O)N[C@H](C)c2ccc(C(C)C)cc2)c1. The second kappa shape index (κ2) is 9.80. The van der Waals surface area contributed by atoms with E-state index < -0.39 is 10.0 Å². The van der Waals surface area contributed by atoms with E-state index in [9.17, 15) is 18.0 Å². The van der Waals surface area contributed by atoms with Gasteiger partial charge in [0.2, 0.25) is 15.9 Å². The van der Waals surface area contributed by atoms with Gasteiger partial charge in [-0.3, -0.25) is 9.59 Å². The van der Waals surface area contributed by atoms with Gasteiger partial charge in [0, 0.05) is 18.5 Å². The van der Waals surface area contributed by atoms with Crippen molar-refractivity contribution in [2.45, 2.75) is 51.0 Å². The molecule has 2 rings (SSSR count). The van der Waals surface area contributed by atoms with E-state index in [-0.39, 0.29) is 35.6 Å². The summed E-state index contributed by atoms with van der Waals surface area (Å²) in [6, 6.07) is 13.7. The normalized spacial score (nSPS) is 12.6. The van der Waals surface area contributed by atoms with Crippen molar-refractivity contribution >= 4 is 21.7 Å². The predicted octanol–water partition coefficient (Wildman–Crippen LogP) is 3.56. The maximum absolute atomic E-state index is 12.4. The molecule has 2 aromatic rings. The first-order valence-corrected chi connectivity index (χ1v) is 11.1. The molecule has 0 aromatic heterocycles. The van der Waals surface area contributed by atoms with Crippen LogP contribution in [0.15, 0.2) is 53.4 Å². The lowest BCUT2D eigenvalue weighted by atomic mass is 9.99. The van der Waals surface area contributed by atoms with Crippen LogP contribution in [0.2, 0.25) is 0 Å². The van der Waals surface area contributed by atoms with Crippen molar-refractivity contribution in [1.29, 1.82) is 0 Å². The Morgan fingerprint density at radius 1 is 0.966 bits per heavy atom. The van der Waals surface area contributed by atoms with E-state index in [1.165, 1.54) is 30.7 Å². The van der Waals surface area contributed by atoms with Crippen LogP contribution < -0.4 is 10.0 Å². The highest BCUT2D eigenvalue weighted by Gasteiger charge is 2.16. The number of carbonyl (C=O) groups excluding carboxylic acids is 2. The number of amides is 1. The topological polar surface area (TPSA) is 92.3 Å². The van der Waals surface area contributed by atoms with Crippen LogP contribution in [0.25, 0.3) is 0 Å². The van der Waals surface area contributed by atoms with E-state index in [1.807, 2.05) is 31.2 Å². The van der Waals surface area contributed by atoms with Gasteiger partial charge < -0.3 is 5.32 Å². The van der Waals surface area contributed by atoms with Crippen molar-refractivity contribution in [3.05, 3.63) is 65.2 Å². The summed E-state index contributed by atoms with van der Waals surface area (Å²) < 4.78 is 27.1. The molecule has 0 bridgehead atoms. The van der Waals surface area contributed by atoms with E-state index in [4.69, 9.17) is 0 Å². The summed E-state index contributed by atoms with van der Waals surface area (Å²) in [6.45, 7) is 7.48. The molecular weight excluding hydrogens is 388 g/mol. The largest absolute Gasteiger partial charge is 0.350 e. The van der Waals surface area contributed by atoms with Crippen molar-refractivity contribution in [2.75, 3.05) is 6.54 Å². The van der Waals surface area contributed by atoms with Gasteiger partial charge in [-0.25, -0.2) is 13.1 Å². The molecule has 0 saturated heterocycles. The Balaban J connectivity index is 1.88. The fourth-order valence-corrected chi connectivity index (χ4v) is 3.91. The fourth-order valence-electron chi connectivity index (χ4n) is 2.83. The van der Waals surface area contributed by atoms with E-state index in [0.29, 0.717) is 11.5 Å². The highest BCUT2D eigenvalue weighted by molar-refractivity contribution is 7.89. The third-order valence-electron chi connectivity index (χ3n) is 4.68. The molecule has 0 heterocycles. The summed E-state index contributed by atoms with van der Waals surface area (Å²) in [4.78, 5) is 23.6. The van der Waals surface area contributed by atoms with Crippen LogP contribution in [0.4, 0.5) is 0 Å². The number of ketones is 1. The molecule has 0 aliphatic rings. The Morgan fingerprint density at radius 2 is 1.59 bits per heavy atom. The van der Waals surface area contributed by atoms with Crippen LogP contribution in [-0.4, -0.2) is 26.7 Å². The molecule has 1 amide bonds. The third-order valence-corrected chi connectivity index (χ3v) is 6.13. The van der Waals surface area contributed by atoms with Crippen LogP contribution in [0, 0.1) is 0 Å². The number of carbonyl (C=O) groups is 2. The van der Waals surface area contributed by atoms with Gasteiger partial charge in [0.25, 0.3) is 0 Å². The van der Waals surface area contributed by atoms with Crippen molar-refractivity contribution in [3.8, 4) is 0 Å². The van der Waals surface area contributed by atoms with Crippen LogP contribution in [0.3, 0.4) is 0 Å². The number of nitrogens with one attached hydrogen (secondary N) is 2. The quantitative estimate of drug-likeness (QED) is 0.612. The lowest BCUT2D eigenvalue weighted by Crippen LogP contribution is -2.32. The number of Topliss-reactive ketones (excluding diaryl/α,β-unsaturated/α-hetero) is 1. The minimum atomic E-state index is -3.79. The molecule has 2 aromatic carbocycles. The van der Waals surface area contributed by atoms with Crippen molar-refractivity contribution in [3.63, 3.8) is 0 Å². The fraction of sp³-hybridized carbons (Fsp3) is 0.364. The van der Waals surface area contributed by atoms with Crippen LogP contribution >= 0.6 is 0 Å². The molecule has 6 nitrogen and oxygen atoms in total. The molecule has 0 unspecified atom stereocenters. The van der Waals surface area contributed by atoms with Gasteiger partial charge in [0.15, 0.2) is 5.78 Å². The summed E-state index contributed by atoms with van der Waals surface area (Å²) in [5.74, 6) is -0.0134. The standard InChI is InChI=1S/C22H28N2O4S/c1-15(2)18-8-10-19(11-9-18)16(3)24-22(26)12-13-23-29(27,28)21-7-5-6-20(14-21)17(4)25/h5-11,14-16,23H,12-13H2,1-4H3,(H,24,26)/t16-/m1/s1. The van der Waals surface area contributed by atoms with E-state index in [1.54, 1.807) is 6.07 Å². The van der Waals surface area contributed by atoms with Crippen molar-refractivity contribution in [2.24, 2.45) is 0 Å². The number of hydrogen-bond donors (Lipinski definition) is 2. The average Bonchev–Trinajstić information content (AvgIpc) is 2.67. The van der Waals surface area contributed by atoms with E-state index in [0.717, 1.165) is 5.56 Å². The van der Waals surface area contributed by atoms with Crippen LogP contribution in [0.5, 0.6) is 0 Å². The Labute approximate surface area is 172 Å². The Morgan fingerprint density at radius 3 is 2.17 bits per heavy atom. The molecular formula is C22H28N2O4S. The summed E-state index contributed by atoms with van der Waals surface area (Å²) in [6.07, 6.45) is 0.0139. The van der Waals surface area contributed by atoms with Crippen LogP contribution in [0.1, 0.15) is 67.6 Å². The third kappa shape index (κ3) is 6.51. The molecule has 0 saturated carbocycles. The van der Waals surface area contributed by atoms with Gasteiger partial charge in [-0.2, -0.15) is 0 Å². The summed E-state index contributed by atoms with van der Waals surface area (Å²) in [5.41, 5.74) is 2.54. The second-order valence-corrected chi connectivity index (χ2v) is 9.11. The predicted molar refractivity (Wildman–Crippen MR) is 113 cm³/mol. The monoisotopic (exact) mass is 416 g/mol. The number of benzene rings is 2. The Hall–Kier alpha value is -2.51. The zero-order chi connectivity index (χ0) is 21.6. The maximum Gasteiger partial charge on any atom is 0.240 e. The molecule has 156 valence electrons. The van der Waals surface area contributed by atoms with Gasteiger partial charge >= 0.3 is 0 Å². The molecule has 0 aliphatic heterocycles. The zero-order valence-electron chi connectivity index (χ0n) is 17.2. The lowest BCUT2D eigenvalue weighted by Gasteiger charge is -2.16. The molecule has 0 radical (unpaired) electrons. The first kappa shape index (κ1) is 22.8. The smallest absolute Gasteiger partial charge is 0.240 e. The molecule has 7 heteroatoms. The molecule has 2 N–H and O–H groups in total. The first-order chi connectivity index (χ1) is 13.6. The summed E-state index contributed by atoms with van der Waals surface area (Å²) in [7, 11) is -3.79. The van der Waals surface area contributed by atoms with Gasteiger partial charge in [-0.05, 0) is 43.0 Å². The van der Waals surface area contributed by atoms with Gasteiger partial charge in [0.1, 0.15) is 0 Å². The van der Waals surface area contributed by atoms with Gasteiger partial charge in [0.05, 0.1) is 10.9 Å². The minimum Gasteiger partial charge on any atom is -0.350 e. The number of rotatable bonds is 9. The molecule has 0 spiro atoms. The van der Waals surface area contributed by atoms with E-state index >= 15 is 0 Å². The highest BCUT2D eigenvalue weighted by Crippen LogP contribution is 2.18. The maximum atomic E-state index is 12.4. The van der Waals surface area contributed by atoms with Crippen molar-refractivity contribution < 1.29 is 18.0 Å². The summed E-state index contributed by atoms with van der Waals surface area (Å²) in [5, 5.41) is 2.88. The summed E-state index contributed by atoms with van der Waals surface area (Å²) >= 11 is 0. The van der Waals surface area contributed by atoms with E-state index in [2.05, 4.69) is 23.9 Å². The minimum absolute atomic E-state index is 0.00391. The highest BCUT2D eigenvalue weighted by atomic mass is 32.2. The number of sulfonamides is 1. The lowest BCUT2D eigenvalue weighted by molar-refractivity contribution is -0.121. The first-order valence-electron chi connectivity index (χ1n) is 9.60. The molecule has 29 heavy (non-hydrogen) atoms. The Kier molecular flexibility index (Phi) is 7.70. The van der Waals surface area contributed by atoms with Gasteiger partial charge in [-0.1, -0.05) is 50.2 Å². The second-order valence-electron chi connectivity index (χ2n) is 7.34.